The highest BCUT2D eigenvalue weighted by molar-refractivity contribution is 8.22. The molecule has 0 fully saturated rings. The molecule has 0 aliphatic rings. The SMILES string of the molecule is SCCSC(CSCS)SCS. The molecule has 0 N–H and O–H groups in total. The number of thioether (sulfide) groups is 3. The fraction of sp³-hybridized carbons (Fsp3) is 1.00. The van der Waals surface area contributed by atoms with E-state index in [4.69, 9.17) is 0 Å². The average Bonchev–Trinajstić information content (AvgIpc) is 2.10. The molecule has 0 aliphatic heterocycles. The lowest BCUT2D eigenvalue weighted by Gasteiger charge is -2.13. The van der Waals surface area contributed by atoms with Crippen molar-refractivity contribution in [3.05, 3.63) is 0 Å². The second-order valence-electron chi connectivity index (χ2n) is 1.82. The molecule has 0 spiro atoms. The molecule has 0 aliphatic carbocycles. The van der Waals surface area contributed by atoms with Gasteiger partial charge < -0.3 is 0 Å². The first-order valence-electron chi connectivity index (χ1n) is 3.48. The number of rotatable bonds is 8. The summed E-state index contributed by atoms with van der Waals surface area (Å²) in [6, 6.07) is 0. The molecule has 0 nitrogen and oxygen atoms in total. The van der Waals surface area contributed by atoms with Crippen molar-refractivity contribution >= 4 is 73.2 Å². The normalized spacial score (nSPS) is 13.2. The Kier molecular flexibility index (Phi) is 13.1. The zero-order chi connectivity index (χ0) is 9.23. The maximum atomic E-state index is 4.21. The summed E-state index contributed by atoms with van der Waals surface area (Å²) in [5.74, 6) is 3.24. The Morgan fingerprint density at radius 1 is 1.00 bits per heavy atom. The van der Waals surface area contributed by atoms with Crippen LogP contribution in [-0.4, -0.2) is 32.0 Å². The molecule has 1 atom stereocenters. The minimum atomic E-state index is 0.659. The third-order valence-corrected chi connectivity index (χ3v) is 6.18. The minimum Gasteiger partial charge on any atom is -0.179 e. The smallest absolute Gasteiger partial charge is 0.0601 e. The van der Waals surface area contributed by atoms with Crippen molar-refractivity contribution in [1.29, 1.82) is 0 Å². The summed E-state index contributed by atoms with van der Waals surface area (Å²) in [6.07, 6.45) is 0. The summed E-state index contributed by atoms with van der Waals surface area (Å²) in [5.41, 5.74) is 0. The lowest BCUT2D eigenvalue weighted by molar-refractivity contribution is 1.42. The first kappa shape index (κ1) is 14.1. The Morgan fingerprint density at radius 2 is 1.75 bits per heavy atom. The summed E-state index contributed by atoms with van der Waals surface area (Å²) < 4.78 is 0.659. The van der Waals surface area contributed by atoms with Gasteiger partial charge >= 0.3 is 0 Å². The van der Waals surface area contributed by atoms with Gasteiger partial charge in [-0.05, 0) is 5.75 Å². The van der Waals surface area contributed by atoms with Crippen LogP contribution in [0.4, 0.5) is 0 Å². The fourth-order valence-electron chi connectivity index (χ4n) is 0.561. The highest BCUT2D eigenvalue weighted by Crippen LogP contribution is 2.28. The van der Waals surface area contributed by atoms with Crippen LogP contribution in [0, 0.1) is 0 Å². The zero-order valence-electron chi connectivity index (χ0n) is 6.68. The summed E-state index contributed by atoms with van der Waals surface area (Å²) in [7, 11) is 0. The molecule has 0 bridgehead atoms. The predicted molar refractivity (Wildman–Crippen MR) is 77.9 cm³/mol. The van der Waals surface area contributed by atoms with Crippen molar-refractivity contribution in [2.45, 2.75) is 4.58 Å². The Bertz CT molecular complexity index is 80.1. The van der Waals surface area contributed by atoms with Crippen molar-refractivity contribution in [2.24, 2.45) is 0 Å². The minimum absolute atomic E-state index is 0.659. The van der Waals surface area contributed by atoms with Crippen molar-refractivity contribution in [3.8, 4) is 0 Å². The van der Waals surface area contributed by atoms with Gasteiger partial charge in [-0.25, -0.2) is 0 Å². The standard InChI is InChI=1S/C6H14S6/c7-1-2-11-6(12-5-9)3-10-4-8/h6-9H,1-5H2. The van der Waals surface area contributed by atoms with Gasteiger partial charge in [-0.15, -0.1) is 35.3 Å². The van der Waals surface area contributed by atoms with Gasteiger partial charge in [-0.2, -0.15) is 37.9 Å². The Hall–Kier alpha value is 2.10. The van der Waals surface area contributed by atoms with Crippen molar-refractivity contribution in [1.82, 2.24) is 0 Å². The van der Waals surface area contributed by atoms with Crippen LogP contribution in [0.15, 0.2) is 0 Å². The molecule has 0 aromatic rings. The molecular weight excluding hydrogens is 264 g/mol. The van der Waals surface area contributed by atoms with E-state index in [2.05, 4.69) is 37.9 Å². The Balaban J connectivity index is 3.40. The van der Waals surface area contributed by atoms with Gasteiger partial charge in [0.2, 0.25) is 0 Å². The van der Waals surface area contributed by atoms with Crippen LogP contribution < -0.4 is 0 Å². The molecule has 0 amide bonds. The highest BCUT2D eigenvalue weighted by Gasteiger charge is 2.07. The van der Waals surface area contributed by atoms with E-state index in [1.165, 1.54) is 0 Å². The van der Waals surface area contributed by atoms with Crippen LogP contribution in [0.25, 0.3) is 0 Å². The van der Waals surface area contributed by atoms with E-state index in [1.807, 2.05) is 35.3 Å². The van der Waals surface area contributed by atoms with Gasteiger partial charge in [0, 0.05) is 21.7 Å². The van der Waals surface area contributed by atoms with Gasteiger partial charge in [0.25, 0.3) is 0 Å². The molecule has 0 aromatic carbocycles. The maximum absolute atomic E-state index is 4.21. The molecule has 12 heavy (non-hydrogen) atoms. The van der Waals surface area contributed by atoms with E-state index in [-0.39, 0.29) is 0 Å². The monoisotopic (exact) mass is 278 g/mol. The van der Waals surface area contributed by atoms with Crippen LogP contribution >= 0.6 is 73.2 Å². The molecular formula is C6H14S6. The first-order chi connectivity index (χ1) is 5.85. The third kappa shape index (κ3) is 8.69. The maximum Gasteiger partial charge on any atom is 0.0601 e. The molecule has 0 radical (unpaired) electrons. The highest BCUT2D eigenvalue weighted by atomic mass is 32.2. The van der Waals surface area contributed by atoms with E-state index >= 15 is 0 Å². The largest absolute Gasteiger partial charge is 0.179 e. The molecule has 6 heteroatoms. The van der Waals surface area contributed by atoms with Crippen molar-refractivity contribution < 1.29 is 0 Å². The van der Waals surface area contributed by atoms with E-state index in [1.54, 1.807) is 0 Å². The summed E-state index contributed by atoms with van der Waals surface area (Å²) in [5, 5.41) is 1.81. The van der Waals surface area contributed by atoms with Crippen molar-refractivity contribution in [3.63, 3.8) is 0 Å². The lowest BCUT2D eigenvalue weighted by atomic mass is 10.9. The molecule has 0 saturated heterocycles. The second kappa shape index (κ2) is 11.2. The summed E-state index contributed by atoms with van der Waals surface area (Å²) in [4.78, 5) is 0. The van der Waals surface area contributed by atoms with Gasteiger partial charge in [0.1, 0.15) is 0 Å². The molecule has 1 unspecified atom stereocenters. The van der Waals surface area contributed by atoms with E-state index in [0.29, 0.717) is 4.58 Å². The van der Waals surface area contributed by atoms with Gasteiger partial charge in [-0.1, -0.05) is 0 Å². The van der Waals surface area contributed by atoms with Gasteiger partial charge in [0.05, 0.1) is 4.58 Å². The van der Waals surface area contributed by atoms with E-state index in [0.717, 1.165) is 27.4 Å². The van der Waals surface area contributed by atoms with Crippen LogP contribution in [0.1, 0.15) is 0 Å². The van der Waals surface area contributed by atoms with Crippen molar-refractivity contribution in [2.75, 3.05) is 27.4 Å². The Labute approximate surface area is 104 Å². The van der Waals surface area contributed by atoms with Gasteiger partial charge in [-0.3, -0.25) is 0 Å². The van der Waals surface area contributed by atoms with Crippen LogP contribution in [0.5, 0.6) is 0 Å². The Morgan fingerprint density at radius 3 is 2.25 bits per heavy atom. The van der Waals surface area contributed by atoms with Crippen LogP contribution in [0.2, 0.25) is 0 Å². The summed E-state index contributed by atoms with van der Waals surface area (Å²) in [6.45, 7) is 0. The van der Waals surface area contributed by atoms with E-state index in [9.17, 15) is 0 Å². The van der Waals surface area contributed by atoms with Crippen LogP contribution in [-0.2, 0) is 0 Å². The predicted octanol–water partition coefficient (Wildman–Crippen LogP) is 3.22. The number of hydrogen-bond acceptors (Lipinski definition) is 6. The lowest BCUT2D eigenvalue weighted by Crippen LogP contribution is -2.02. The molecule has 0 saturated carbocycles. The summed E-state index contributed by atoms with van der Waals surface area (Å²) >= 11 is 18.3. The molecule has 0 rings (SSSR count). The fourth-order valence-corrected chi connectivity index (χ4v) is 5.09. The number of hydrogen-bond donors (Lipinski definition) is 3. The topological polar surface area (TPSA) is 0 Å². The van der Waals surface area contributed by atoms with E-state index < -0.39 is 0 Å². The first-order valence-corrected chi connectivity index (χ1v) is 8.63. The second-order valence-corrected chi connectivity index (χ2v) is 7.59. The molecule has 0 heterocycles. The van der Waals surface area contributed by atoms with Crippen LogP contribution in [0.3, 0.4) is 0 Å². The van der Waals surface area contributed by atoms with Gasteiger partial charge in [0.15, 0.2) is 0 Å². The average molecular weight is 279 g/mol. The quantitative estimate of drug-likeness (QED) is 0.461. The third-order valence-electron chi connectivity index (χ3n) is 1.00. The molecule has 74 valence electrons. The number of thiol groups is 3. The molecule has 0 aromatic heterocycles. The zero-order valence-corrected chi connectivity index (χ0v) is 11.8.